The number of carboxylic acid groups (broad SMARTS) is 1. The number of benzene rings is 1. The molecule has 1 aliphatic heterocycles. The van der Waals surface area contributed by atoms with Crippen LogP contribution < -0.4 is 0 Å². The topological polar surface area (TPSA) is 60.8 Å². The molecule has 1 amide bonds. The smallest absolute Gasteiger partial charge is 0.407 e. The summed E-state index contributed by atoms with van der Waals surface area (Å²) in [6, 6.07) is 4.95. The number of piperidine rings is 1. The summed E-state index contributed by atoms with van der Waals surface area (Å²) in [5, 5.41) is 20.4. The standard InChI is InChI=1S/C12H13Cl2NO3/c13-8-1-2-9(10(14)7-8)12(18)3-5-15(6-4-12)11(16)17/h1-2,7,18H,3-6H2,(H,16,17). The Kier molecular flexibility index (Phi) is 3.71. The van der Waals surface area contributed by atoms with Crippen molar-refractivity contribution < 1.29 is 15.0 Å². The molecule has 0 atom stereocenters. The summed E-state index contributed by atoms with van der Waals surface area (Å²) in [4.78, 5) is 12.1. The molecule has 1 fully saturated rings. The number of nitrogens with zero attached hydrogens (tertiary/aromatic N) is 1. The van der Waals surface area contributed by atoms with Crippen molar-refractivity contribution in [3.63, 3.8) is 0 Å². The number of hydrogen-bond acceptors (Lipinski definition) is 2. The van der Waals surface area contributed by atoms with Crippen molar-refractivity contribution in [1.82, 2.24) is 4.90 Å². The lowest BCUT2D eigenvalue weighted by atomic mass is 9.84. The van der Waals surface area contributed by atoms with Crippen molar-refractivity contribution >= 4 is 29.3 Å². The number of halogens is 2. The van der Waals surface area contributed by atoms with Crippen LogP contribution in [-0.4, -0.2) is 34.3 Å². The van der Waals surface area contributed by atoms with Crippen LogP contribution in [0, 0.1) is 0 Å². The molecule has 1 saturated heterocycles. The van der Waals surface area contributed by atoms with Crippen LogP contribution in [0.1, 0.15) is 18.4 Å². The molecule has 18 heavy (non-hydrogen) atoms. The highest BCUT2D eigenvalue weighted by atomic mass is 35.5. The first-order valence-electron chi connectivity index (χ1n) is 5.58. The molecule has 1 aromatic carbocycles. The summed E-state index contributed by atoms with van der Waals surface area (Å²) in [6.07, 6.45) is -0.291. The zero-order valence-electron chi connectivity index (χ0n) is 9.57. The predicted octanol–water partition coefficient (Wildman–Crippen LogP) is 2.95. The molecule has 0 bridgehead atoms. The second-order valence-electron chi connectivity index (χ2n) is 4.43. The lowest BCUT2D eigenvalue weighted by Crippen LogP contribution is -2.44. The van der Waals surface area contributed by atoms with Crippen LogP contribution in [0.3, 0.4) is 0 Å². The largest absolute Gasteiger partial charge is 0.465 e. The fourth-order valence-electron chi connectivity index (χ4n) is 2.20. The second-order valence-corrected chi connectivity index (χ2v) is 5.27. The van der Waals surface area contributed by atoms with Crippen LogP contribution in [0.25, 0.3) is 0 Å². The molecule has 2 rings (SSSR count). The molecule has 4 nitrogen and oxygen atoms in total. The van der Waals surface area contributed by atoms with Crippen LogP contribution in [-0.2, 0) is 5.60 Å². The molecule has 0 unspecified atom stereocenters. The lowest BCUT2D eigenvalue weighted by molar-refractivity contribution is -0.0212. The maximum atomic E-state index is 10.8. The van der Waals surface area contributed by atoms with Crippen LogP contribution in [0.4, 0.5) is 4.79 Å². The molecule has 6 heteroatoms. The predicted molar refractivity (Wildman–Crippen MR) is 69.2 cm³/mol. The van der Waals surface area contributed by atoms with E-state index < -0.39 is 11.7 Å². The summed E-state index contributed by atoms with van der Waals surface area (Å²) < 4.78 is 0. The number of hydrogen-bond donors (Lipinski definition) is 2. The second kappa shape index (κ2) is 4.96. The average Bonchev–Trinajstić information content (AvgIpc) is 2.29. The van der Waals surface area contributed by atoms with Crippen molar-refractivity contribution in [2.24, 2.45) is 0 Å². The van der Waals surface area contributed by atoms with Gasteiger partial charge in [-0.1, -0.05) is 29.3 Å². The fourth-order valence-corrected chi connectivity index (χ4v) is 2.79. The van der Waals surface area contributed by atoms with Gasteiger partial charge in [0.2, 0.25) is 0 Å². The lowest BCUT2D eigenvalue weighted by Gasteiger charge is -2.37. The van der Waals surface area contributed by atoms with Gasteiger partial charge in [0.1, 0.15) is 0 Å². The first-order valence-corrected chi connectivity index (χ1v) is 6.34. The summed E-state index contributed by atoms with van der Waals surface area (Å²) in [5.74, 6) is 0. The van der Waals surface area contributed by atoms with E-state index in [9.17, 15) is 9.90 Å². The SMILES string of the molecule is O=C(O)N1CCC(O)(c2ccc(Cl)cc2Cl)CC1. The van der Waals surface area contributed by atoms with E-state index in [1.807, 2.05) is 0 Å². The molecular weight excluding hydrogens is 277 g/mol. The molecule has 0 radical (unpaired) electrons. The summed E-state index contributed by atoms with van der Waals surface area (Å²) in [6.45, 7) is 0.593. The molecule has 98 valence electrons. The third-order valence-corrected chi connectivity index (χ3v) is 3.84. The van der Waals surface area contributed by atoms with Gasteiger partial charge in [-0.2, -0.15) is 0 Å². The van der Waals surface area contributed by atoms with Crippen molar-refractivity contribution in [3.8, 4) is 0 Å². The highest BCUT2D eigenvalue weighted by Crippen LogP contribution is 2.37. The van der Waals surface area contributed by atoms with Gasteiger partial charge in [0.25, 0.3) is 0 Å². The number of likely N-dealkylation sites (tertiary alicyclic amines) is 1. The van der Waals surface area contributed by atoms with Crippen LogP contribution >= 0.6 is 23.2 Å². The van der Waals surface area contributed by atoms with Gasteiger partial charge in [-0.3, -0.25) is 0 Å². The summed E-state index contributed by atoms with van der Waals surface area (Å²) in [5.41, 5.74) is -0.466. The van der Waals surface area contributed by atoms with E-state index in [4.69, 9.17) is 28.3 Å². The molecule has 0 spiro atoms. The van der Waals surface area contributed by atoms with Crippen molar-refractivity contribution in [3.05, 3.63) is 33.8 Å². The first-order chi connectivity index (χ1) is 8.42. The van der Waals surface area contributed by atoms with Gasteiger partial charge >= 0.3 is 6.09 Å². The van der Waals surface area contributed by atoms with Crippen LogP contribution in [0.2, 0.25) is 10.0 Å². The quantitative estimate of drug-likeness (QED) is 0.836. The third kappa shape index (κ3) is 2.55. The molecule has 1 heterocycles. The van der Waals surface area contributed by atoms with Gasteiger partial charge in [-0.25, -0.2) is 4.79 Å². The molecule has 0 aliphatic carbocycles. The Bertz CT molecular complexity index is 470. The monoisotopic (exact) mass is 289 g/mol. The van der Waals surface area contributed by atoms with Gasteiger partial charge in [0.05, 0.1) is 5.60 Å². The summed E-state index contributed by atoms with van der Waals surface area (Å²) >= 11 is 11.9. The zero-order chi connectivity index (χ0) is 13.3. The van der Waals surface area contributed by atoms with Gasteiger partial charge in [-0.05, 0) is 25.0 Å². The van der Waals surface area contributed by atoms with E-state index in [-0.39, 0.29) is 0 Å². The molecule has 0 aromatic heterocycles. The van der Waals surface area contributed by atoms with Crippen molar-refractivity contribution in [2.45, 2.75) is 18.4 Å². The van der Waals surface area contributed by atoms with E-state index in [1.165, 1.54) is 4.90 Å². The van der Waals surface area contributed by atoms with Crippen molar-refractivity contribution in [1.29, 1.82) is 0 Å². The summed E-state index contributed by atoms with van der Waals surface area (Å²) in [7, 11) is 0. The first kappa shape index (κ1) is 13.5. The highest BCUT2D eigenvalue weighted by Gasteiger charge is 2.36. The fraction of sp³-hybridized carbons (Fsp3) is 0.417. The molecular formula is C12H13Cl2NO3. The van der Waals surface area contributed by atoms with E-state index in [1.54, 1.807) is 18.2 Å². The normalized spacial score (nSPS) is 18.7. The minimum atomic E-state index is -1.08. The number of carbonyl (C=O) groups is 1. The molecule has 2 N–H and O–H groups in total. The van der Waals surface area contributed by atoms with E-state index >= 15 is 0 Å². The Hall–Kier alpha value is -0.970. The van der Waals surface area contributed by atoms with Gasteiger partial charge in [-0.15, -0.1) is 0 Å². The Labute approximate surface area is 115 Å². The van der Waals surface area contributed by atoms with Crippen LogP contribution in [0.5, 0.6) is 0 Å². The highest BCUT2D eigenvalue weighted by molar-refractivity contribution is 6.35. The average molecular weight is 290 g/mol. The number of rotatable bonds is 1. The Morgan fingerprint density at radius 2 is 1.89 bits per heavy atom. The van der Waals surface area contributed by atoms with Crippen LogP contribution in [0.15, 0.2) is 18.2 Å². The Morgan fingerprint density at radius 1 is 1.28 bits per heavy atom. The maximum absolute atomic E-state index is 10.8. The zero-order valence-corrected chi connectivity index (χ0v) is 11.1. The van der Waals surface area contributed by atoms with Crippen molar-refractivity contribution in [2.75, 3.05) is 13.1 Å². The third-order valence-electron chi connectivity index (χ3n) is 3.29. The van der Waals surface area contributed by atoms with Gasteiger partial charge in [0, 0.05) is 28.7 Å². The van der Waals surface area contributed by atoms with E-state index in [0.29, 0.717) is 41.5 Å². The number of amides is 1. The Balaban J connectivity index is 2.20. The molecule has 1 aliphatic rings. The minimum absolute atomic E-state index is 0.296. The van der Waals surface area contributed by atoms with Gasteiger partial charge < -0.3 is 15.1 Å². The minimum Gasteiger partial charge on any atom is -0.465 e. The van der Waals surface area contributed by atoms with E-state index in [2.05, 4.69) is 0 Å². The van der Waals surface area contributed by atoms with Gasteiger partial charge in [0.15, 0.2) is 0 Å². The maximum Gasteiger partial charge on any atom is 0.407 e. The molecule has 0 saturated carbocycles. The molecule has 1 aromatic rings. The van der Waals surface area contributed by atoms with E-state index in [0.717, 1.165) is 0 Å². The number of aliphatic hydroxyl groups is 1. The Morgan fingerprint density at radius 3 is 2.39 bits per heavy atom.